The van der Waals surface area contributed by atoms with Crippen molar-refractivity contribution in [1.29, 1.82) is 0 Å². The molecule has 10 nitrogen and oxygen atoms in total. The maximum Gasteiger partial charge on any atom is 0.270 e. The van der Waals surface area contributed by atoms with Crippen molar-refractivity contribution in [3.63, 3.8) is 0 Å². The van der Waals surface area contributed by atoms with Crippen LogP contribution in [0.4, 0.5) is 0 Å². The molecule has 0 atom stereocenters. The molecule has 0 aromatic carbocycles. The van der Waals surface area contributed by atoms with Crippen LogP contribution < -0.4 is 15.8 Å². The summed E-state index contributed by atoms with van der Waals surface area (Å²) in [6.45, 7) is 0. The number of rotatable bonds is 6. The van der Waals surface area contributed by atoms with Crippen LogP contribution in [0.15, 0.2) is 55.2 Å². The number of primary amides is 1. The average Bonchev–Trinajstić information content (AvgIpc) is 3.42. The Morgan fingerprint density at radius 2 is 1.97 bits per heavy atom. The maximum atomic E-state index is 12.9. The van der Waals surface area contributed by atoms with Crippen LogP contribution in [-0.2, 0) is 7.05 Å². The molecule has 10 heteroatoms. The predicted octanol–water partition coefficient (Wildman–Crippen LogP) is 2.35. The van der Waals surface area contributed by atoms with Crippen molar-refractivity contribution in [3.05, 3.63) is 66.5 Å². The van der Waals surface area contributed by atoms with Gasteiger partial charge in [-0.05, 0) is 60.9 Å². The Labute approximate surface area is 201 Å². The molecule has 2 aliphatic carbocycles. The van der Waals surface area contributed by atoms with Gasteiger partial charge in [0.1, 0.15) is 23.0 Å². The molecule has 4 heterocycles. The van der Waals surface area contributed by atoms with E-state index >= 15 is 0 Å². The lowest BCUT2D eigenvalue weighted by atomic mass is 9.53. The van der Waals surface area contributed by atoms with Crippen molar-refractivity contribution >= 4 is 17.5 Å². The lowest BCUT2D eigenvalue weighted by Gasteiger charge is -2.57. The molecular weight excluding hydrogens is 446 g/mol. The minimum atomic E-state index is -0.547. The summed E-state index contributed by atoms with van der Waals surface area (Å²) >= 11 is 0. The smallest absolute Gasteiger partial charge is 0.270 e. The first kappa shape index (κ1) is 21.3. The van der Waals surface area contributed by atoms with Gasteiger partial charge in [0.05, 0.1) is 12.4 Å². The van der Waals surface area contributed by atoms with Gasteiger partial charge in [-0.15, -0.1) is 0 Å². The van der Waals surface area contributed by atoms with Gasteiger partial charge >= 0.3 is 0 Å². The Morgan fingerprint density at radius 3 is 2.71 bits per heavy atom. The van der Waals surface area contributed by atoms with Crippen LogP contribution >= 0.6 is 0 Å². The summed E-state index contributed by atoms with van der Waals surface area (Å²) in [6, 6.07) is 7.32. The number of hydrogen-bond donors (Lipinski definition) is 2. The van der Waals surface area contributed by atoms with Crippen LogP contribution in [0.5, 0.6) is 5.88 Å². The molecule has 2 amide bonds. The van der Waals surface area contributed by atoms with E-state index in [1.54, 1.807) is 39.8 Å². The number of aryl methyl sites for hydroxylation is 1. The highest BCUT2D eigenvalue weighted by Gasteiger charge is 2.54. The van der Waals surface area contributed by atoms with Crippen molar-refractivity contribution < 1.29 is 14.3 Å². The molecule has 0 saturated heterocycles. The zero-order valence-corrected chi connectivity index (χ0v) is 19.2. The van der Waals surface area contributed by atoms with Crippen LogP contribution in [0.3, 0.4) is 0 Å². The molecule has 1 spiro atoms. The number of imidazole rings is 1. The van der Waals surface area contributed by atoms with Crippen LogP contribution in [0.2, 0.25) is 0 Å². The van der Waals surface area contributed by atoms with E-state index in [2.05, 4.69) is 20.4 Å². The maximum absolute atomic E-state index is 12.9. The number of hydrogen-bond acceptors (Lipinski definition) is 6. The summed E-state index contributed by atoms with van der Waals surface area (Å²) in [4.78, 5) is 33.1. The molecule has 0 unspecified atom stereocenters. The van der Waals surface area contributed by atoms with E-state index in [1.165, 1.54) is 0 Å². The zero-order valence-electron chi connectivity index (χ0n) is 19.2. The second-order valence-corrected chi connectivity index (χ2v) is 9.64. The van der Waals surface area contributed by atoms with E-state index in [0.29, 0.717) is 22.8 Å². The number of amides is 2. The van der Waals surface area contributed by atoms with Crippen LogP contribution in [0.1, 0.15) is 46.5 Å². The van der Waals surface area contributed by atoms with Gasteiger partial charge < -0.3 is 15.8 Å². The van der Waals surface area contributed by atoms with E-state index in [9.17, 15) is 9.59 Å². The largest absolute Gasteiger partial charge is 0.474 e. The van der Waals surface area contributed by atoms with Crippen molar-refractivity contribution in [2.24, 2.45) is 18.2 Å². The molecule has 0 radical (unpaired) electrons. The average molecular weight is 472 g/mol. The number of fused-ring (bicyclic) bond motifs is 1. The van der Waals surface area contributed by atoms with Gasteiger partial charge in [-0.25, -0.2) is 9.97 Å². The number of ether oxygens (including phenoxy) is 1. The SMILES string of the molecule is Cn1cc(-c2ccn3c(C(=O)NC4CC5(C4)CC(Oc4ncccc4C(N)=O)C5)cnc3c2)cn1. The van der Waals surface area contributed by atoms with Crippen molar-refractivity contribution in [3.8, 4) is 17.0 Å². The zero-order chi connectivity index (χ0) is 24.2. The molecule has 2 aliphatic rings. The summed E-state index contributed by atoms with van der Waals surface area (Å²) in [5, 5.41) is 7.36. The number of nitrogens with zero attached hydrogens (tertiary/aromatic N) is 5. The quantitative estimate of drug-likeness (QED) is 0.444. The van der Waals surface area contributed by atoms with E-state index in [1.807, 2.05) is 31.6 Å². The summed E-state index contributed by atoms with van der Waals surface area (Å²) in [7, 11) is 1.88. The molecule has 3 N–H and O–H groups in total. The lowest BCUT2D eigenvalue weighted by molar-refractivity contribution is -0.0848. The Bertz CT molecular complexity index is 1440. The molecule has 0 aliphatic heterocycles. The van der Waals surface area contributed by atoms with Gasteiger partial charge in [0.15, 0.2) is 0 Å². The van der Waals surface area contributed by atoms with Crippen LogP contribution in [-0.4, -0.2) is 48.1 Å². The number of aromatic nitrogens is 5. The summed E-state index contributed by atoms with van der Waals surface area (Å²) in [5.74, 6) is -0.379. The fourth-order valence-corrected chi connectivity index (χ4v) is 5.40. The number of carbonyl (C=O) groups is 2. The standard InChI is InChI=1S/C25H25N7O3/c1-31-14-16(12-29-31)15-4-6-32-20(13-28-21(32)7-15)23(34)30-17-8-25(9-17)10-18(11-25)35-24-19(22(26)33)3-2-5-27-24/h2-7,12-14,17-18H,8-11H2,1H3,(H2,26,33)(H,30,34). The number of carbonyl (C=O) groups excluding carboxylic acids is 2. The minimum absolute atomic E-state index is 0.00688. The first-order valence-corrected chi connectivity index (χ1v) is 11.6. The Kier molecular flexibility index (Phi) is 4.84. The van der Waals surface area contributed by atoms with E-state index in [4.69, 9.17) is 10.5 Å². The predicted molar refractivity (Wildman–Crippen MR) is 127 cm³/mol. The minimum Gasteiger partial charge on any atom is -0.474 e. The first-order chi connectivity index (χ1) is 16.9. The fourth-order valence-electron chi connectivity index (χ4n) is 5.40. The molecule has 4 aromatic rings. The Hall–Kier alpha value is -4.21. The first-order valence-electron chi connectivity index (χ1n) is 11.6. The molecular formula is C25H25N7O3. The Morgan fingerprint density at radius 1 is 1.14 bits per heavy atom. The van der Waals surface area contributed by atoms with Crippen molar-refractivity contribution in [2.45, 2.75) is 37.8 Å². The molecule has 4 aromatic heterocycles. The van der Waals surface area contributed by atoms with Gasteiger partial charge in [-0.1, -0.05) is 0 Å². The third kappa shape index (κ3) is 3.80. The molecule has 2 saturated carbocycles. The highest BCUT2D eigenvalue weighted by molar-refractivity contribution is 5.95. The van der Waals surface area contributed by atoms with Gasteiger partial charge in [0.2, 0.25) is 5.88 Å². The second-order valence-electron chi connectivity index (χ2n) is 9.64. The van der Waals surface area contributed by atoms with E-state index in [-0.39, 0.29) is 23.5 Å². The van der Waals surface area contributed by atoms with E-state index < -0.39 is 5.91 Å². The monoisotopic (exact) mass is 471 g/mol. The van der Waals surface area contributed by atoms with Crippen LogP contribution in [0, 0.1) is 5.41 Å². The number of pyridine rings is 2. The van der Waals surface area contributed by atoms with Gasteiger partial charge in [0.25, 0.3) is 11.8 Å². The molecule has 178 valence electrons. The summed E-state index contributed by atoms with van der Waals surface area (Å²) in [5.41, 5.74) is 9.12. The topological polar surface area (TPSA) is 129 Å². The fraction of sp³-hybridized carbons (Fsp3) is 0.320. The second kappa shape index (κ2) is 7.93. The van der Waals surface area contributed by atoms with Gasteiger partial charge in [-0.3, -0.25) is 18.7 Å². The normalized spacial score (nSPS) is 23.0. The molecule has 2 fully saturated rings. The Balaban J connectivity index is 1.05. The van der Waals surface area contributed by atoms with E-state index in [0.717, 1.165) is 36.8 Å². The van der Waals surface area contributed by atoms with Crippen molar-refractivity contribution in [1.82, 2.24) is 29.5 Å². The number of nitrogens with two attached hydrogens (primary N) is 1. The van der Waals surface area contributed by atoms with Crippen LogP contribution in [0.25, 0.3) is 16.8 Å². The number of nitrogens with one attached hydrogen (secondary N) is 1. The summed E-state index contributed by atoms with van der Waals surface area (Å²) in [6.07, 6.45) is 12.4. The highest BCUT2D eigenvalue weighted by Crippen LogP contribution is 2.56. The van der Waals surface area contributed by atoms with Crippen molar-refractivity contribution in [2.75, 3.05) is 0 Å². The van der Waals surface area contributed by atoms with Gasteiger partial charge in [0, 0.05) is 37.2 Å². The third-order valence-corrected chi connectivity index (χ3v) is 7.11. The highest BCUT2D eigenvalue weighted by atomic mass is 16.5. The van der Waals surface area contributed by atoms with Gasteiger partial charge in [-0.2, -0.15) is 5.10 Å². The summed E-state index contributed by atoms with van der Waals surface area (Å²) < 4.78 is 9.48. The molecule has 0 bridgehead atoms. The lowest BCUT2D eigenvalue weighted by Crippen LogP contribution is -2.58. The third-order valence-electron chi connectivity index (χ3n) is 7.11. The molecule has 35 heavy (non-hydrogen) atoms. The molecule has 6 rings (SSSR count).